The minimum Gasteiger partial charge on any atom is -0.351 e. The molecule has 0 aliphatic carbocycles. The third-order valence-electron chi connectivity index (χ3n) is 6.29. The lowest BCUT2D eigenvalue weighted by Crippen LogP contribution is -2.27. The molecule has 2 atom stereocenters. The van der Waals surface area contributed by atoms with Crippen molar-refractivity contribution < 1.29 is 9.36 Å². The Morgan fingerprint density at radius 3 is 1.95 bits per heavy atom. The molecule has 4 aromatic rings. The van der Waals surface area contributed by atoms with Crippen LogP contribution in [0.4, 0.5) is 0 Å². The Hall–Kier alpha value is -2.88. The van der Waals surface area contributed by atoms with E-state index >= 15 is 0 Å². The molecule has 4 aromatic carbocycles. The number of fused-ring (bicyclic) bond motifs is 1. The highest BCUT2D eigenvalue weighted by Gasteiger charge is 2.19. The van der Waals surface area contributed by atoms with Crippen molar-refractivity contribution in [3.8, 4) is 0 Å². The summed E-state index contributed by atoms with van der Waals surface area (Å²) in [6, 6.07) is 38.5. The van der Waals surface area contributed by atoms with Gasteiger partial charge < -0.3 is 5.32 Å². The normalized spacial score (nSPS) is 14.6. The van der Waals surface area contributed by atoms with E-state index in [1.54, 1.807) is 0 Å². The van der Waals surface area contributed by atoms with Gasteiger partial charge in [-0.05, 0) is 62.9 Å². The second-order valence-electron chi connectivity index (χ2n) is 9.33. The average Bonchev–Trinajstić information content (AvgIpc) is 2.97. The van der Waals surface area contributed by atoms with Crippen molar-refractivity contribution >= 4 is 50.5 Å². The predicted molar refractivity (Wildman–Crippen MR) is 171 cm³/mol. The van der Waals surface area contributed by atoms with Crippen LogP contribution in [0.15, 0.2) is 120 Å². The van der Waals surface area contributed by atoms with Crippen molar-refractivity contribution in [2.45, 2.75) is 25.7 Å². The molecule has 0 aromatic heterocycles. The first-order valence-corrected chi connectivity index (χ1v) is 17.3. The Morgan fingerprint density at radius 1 is 0.850 bits per heavy atom. The molecule has 208 valence electrons. The molecule has 0 spiro atoms. The Kier molecular flexibility index (Phi) is 12.5. The molecule has 1 heterocycles. The molecule has 40 heavy (non-hydrogen) atoms. The van der Waals surface area contributed by atoms with E-state index in [2.05, 4.69) is 114 Å². The van der Waals surface area contributed by atoms with Gasteiger partial charge in [0.2, 0.25) is 0 Å². The summed E-state index contributed by atoms with van der Waals surface area (Å²) in [6.07, 6.45) is 0. The third kappa shape index (κ3) is 10.6. The maximum Gasteiger partial charge on any atom is 0.339 e. The van der Waals surface area contributed by atoms with E-state index in [1.807, 2.05) is 54.6 Å². The Balaban J connectivity index is 0.000000189. The van der Waals surface area contributed by atoms with Gasteiger partial charge in [-0.3, -0.25) is 14.4 Å². The van der Waals surface area contributed by atoms with E-state index in [-0.39, 0.29) is 5.91 Å². The van der Waals surface area contributed by atoms with Crippen LogP contribution < -0.4 is 5.32 Å². The third-order valence-corrected chi connectivity index (χ3v) is 6.29. The van der Waals surface area contributed by atoms with Gasteiger partial charge >= 0.3 is 5.20 Å². The molecule has 4 nitrogen and oxygen atoms in total. The van der Waals surface area contributed by atoms with E-state index in [0.29, 0.717) is 23.9 Å². The largest absolute Gasteiger partial charge is 0.351 e. The van der Waals surface area contributed by atoms with Gasteiger partial charge in [-0.2, -0.15) is 0 Å². The summed E-state index contributed by atoms with van der Waals surface area (Å²) >= 11 is 13.8. The van der Waals surface area contributed by atoms with E-state index < -0.39 is 5.20 Å². The van der Waals surface area contributed by atoms with Gasteiger partial charge in [0.25, 0.3) is 5.91 Å². The Morgan fingerprint density at radius 2 is 1.35 bits per heavy atom. The number of hydrogen-bond acceptors (Lipinski definition) is 3. The fourth-order valence-corrected chi connectivity index (χ4v) is 4.23. The smallest absolute Gasteiger partial charge is 0.339 e. The first-order chi connectivity index (χ1) is 19.1. The topological polar surface area (TPSA) is 58.5 Å². The molecular weight excluding hydrogens is 582 g/mol. The lowest BCUT2D eigenvalue weighted by Gasteiger charge is -2.22. The zero-order valence-corrected chi connectivity index (χ0v) is 25.5. The zero-order chi connectivity index (χ0) is 29.0. The van der Waals surface area contributed by atoms with Crippen molar-refractivity contribution in [1.82, 2.24) is 5.32 Å². The first kappa shape index (κ1) is 31.6. The number of rotatable bonds is 5. The number of nitrogens with one attached hydrogen (secondary N) is 1. The fraction of sp³-hybridized carbons (Fsp3) is 0.188. The molecule has 0 bridgehead atoms. The van der Waals surface area contributed by atoms with Crippen LogP contribution in [0.3, 0.4) is 0 Å². The molecule has 1 amide bonds. The summed E-state index contributed by atoms with van der Waals surface area (Å²) in [4.78, 5) is 16.6. The quantitative estimate of drug-likeness (QED) is 0.228. The van der Waals surface area contributed by atoms with Crippen molar-refractivity contribution in [1.29, 1.82) is 0 Å². The van der Waals surface area contributed by atoms with Crippen LogP contribution >= 0.6 is 38.9 Å². The second kappa shape index (κ2) is 15.8. The summed E-state index contributed by atoms with van der Waals surface area (Å²) in [5, 5.41) is -0.264. The van der Waals surface area contributed by atoms with Gasteiger partial charge in [-0.1, -0.05) is 117 Å². The number of halogens is 3. The predicted octanol–water partition coefficient (Wildman–Crippen LogP) is 9.67. The van der Waals surface area contributed by atoms with Gasteiger partial charge in [0.05, 0.1) is 5.71 Å². The van der Waals surface area contributed by atoms with Crippen LogP contribution in [0.1, 0.15) is 58.3 Å². The average molecular weight is 614 g/mol. The Bertz CT molecular complexity index is 1420. The summed E-state index contributed by atoms with van der Waals surface area (Å²) in [6.45, 7) is 5.89. The van der Waals surface area contributed by atoms with E-state index in [0.717, 1.165) is 12.3 Å². The first-order valence-electron chi connectivity index (χ1n) is 12.9. The summed E-state index contributed by atoms with van der Waals surface area (Å²) in [7, 11) is 0. The molecule has 8 heteroatoms. The maximum absolute atomic E-state index is 11.9. The maximum atomic E-state index is 11.9. The molecule has 5 rings (SSSR count). The highest BCUT2D eigenvalue weighted by molar-refractivity contribution is 8.24. The summed E-state index contributed by atoms with van der Waals surface area (Å²) < 4.78 is 9.51. The van der Waals surface area contributed by atoms with Crippen molar-refractivity contribution in [2.75, 3.05) is 13.1 Å². The molecule has 1 N–H and O–H groups in total. The highest BCUT2D eigenvalue weighted by atomic mass is 36.0. The van der Waals surface area contributed by atoms with Crippen molar-refractivity contribution in [2.24, 2.45) is 4.99 Å². The molecule has 0 saturated carbocycles. The van der Waals surface area contributed by atoms with Crippen LogP contribution in [-0.2, 0) is 4.57 Å². The molecule has 0 saturated heterocycles. The van der Waals surface area contributed by atoms with Crippen LogP contribution in [0, 0.1) is 0 Å². The SMILES string of the molecule is CC(CNC(=O)c1ccccc1)c1ccccc1.CC1CN=C(c2ccccc2)c2ccccc21.O=P(Cl)(Cl)Cl. The zero-order valence-electron chi connectivity index (χ0n) is 22.4. The number of carbonyl (C=O) groups excluding carboxylic acids is 1. The van der Waals surface area contributed by atoms with Gasteiger partial charge in [0, 0.05) is 35.7 Å². The second-order valence-corrected chi connectivity index (χ2v) is 16.0. The minimum absolute atomic E-state index is 0.0154. The number of amides is 1. The van der Waals surface area contributed by atoms with Crippen molar-refractivity contribution in [3.63, 3.8) is 0 Å². The minimum atomic E-state index is -3.22. The molecule has 1 aliphatic rings. The number of carbonyl (C=O) groups is 1. The van der Waals surface area contributed by atoms with Gasteiger partial charge in [0.1, 0.15) is 0 Å². The highest BCUT2D eigenvalue weighted by Crippen LogP contribution is 2.61. The number of hydrogen-bond donors (Lipinski definition) is 1. The summed E-state index contributed by atoms with van der Waals surface area (Å²) in [5.41, 5.74) is 7.01. The summed E-state index contributed by atoms with van der Waals surface area (Å²) in [5.74, 6) is 0.830. The van der Waals surface area contributed by atoms with Crippen LogP contribution in [0.2, 0.25) is 0 Å². The van der Waals surface area contributed by atoms with Gasteiger partial charge in [0.15, 0.2) is 0 Å². The number of aliphatic imine (C=N–C) groups is 1. The van der Waals surface area contributed by atoms with Gasteiger partial charge in [-0.15, -0.1) is 0 Å². The molecular formula is C32H32Cl3N2O2P. The standard InChI is InChI=1S/C16H17NO.C16H15N.Cl3OP/c1-13(14-8-4-2-5-9-14)12-17-16(18)15-10-6-3-7-11-15;1-12-11-17-16(13-7-3-2-4-8-13)15-10-6-5-9-14(12)15;1-5(2,3)4/h2-11,13H,12H2,1H3,(H,17,18);2-10,12H,11H2,1H3;. The molecule has 0 radical (unpaired) electrons. The lowest BCUT2D eigenvalue weighted by atomic mass is 9.88. The van der Waals surface area contributed by atoms with E-state index in [9.17, 15) is 9.36 Å². The van der Waals surface area contributed by atoms with Gasteiger partial charge in [-0.25, -0.2) is 0 Å². The van der Waals surface area contributed by atoms with Crippen LogP contribution in [0.25, 0.3) is 0 Å². The van der Waals surface area contributed by atoms with E-state index in [4.69, 9.17) is 4.99 Å². The number of benzene rings is 4. The van der Waals surface area contributed by atoms with Crippen LogP contribution in [-0.4, -0.2) is 24.7 Å². The van der Waals surface area contributed by atoms with E-state index in [1.165, 1.54) is 22.3 Å². The van der Waals surface area contributed by atoms with Crippen molar-refractivity contribution in [3.05, 3.63) is 143 Å². The number of nitrogens with zero attached hydrogens (tertiary/aromatic N) is 1. The molecule has 0 fully saturated rings. The Labute approximate surface area is 251 Å². The fourth-order valence-electron chi connectivity index (χ4n) is 4.23. The molecule has 2 unspecified atom stereocenters. The monoisotopic (exact) mass is 612 g/mol. The van der Waals surface area contributed by atoms with Crippen LogP contribution in [0.5, 0.6) is 0 Å². The molecule has 1 aliphatic heterocycles. The lowest BCUT2D eigenvalue weighted by molar-refractivity contribution is 0.0951.